The Kier molecular flexibility index (Phi) is 6.91. The smallest absolute Gasteiger partial charge is 0.220 e. The largest absolute Gasteiger partial charge is 0.401 e. The molecule has 0 aromatic rings. The summed E-state index contributed by atoms with van der Waals surface area (Å²) in [6.07, 6.45) is 3.71. The van der Waals surface area contributed by atoms with Gasteiger partial charge in [-0.1, -0.05) is 26.7 Å². The van der Waals surface area contributed by atoms with Gasteiger partial charge >= 0.3 is 0 Å². The van der Waals surface area contributed by atoms with E-state index in [2.05, 4.69) is 39.8 Å². The first-order chi connectivity index (χ1) is 11.3. The van der Waals surface area contributed by atoms with Gasteiger partial charge in [0, 0.05) is 14.2 Å². The second kappa shape index (κ2) is 7.65. The van der Waals surface area contributed by atoms with E-state index in [9.17, 15) is 5.11 Å². The van der Waals surface area contributed by atoms with Gasteiger partial charge in [-0.2, -0.15) is 0 Å². The van der Waals surface area contributed by atoms with Crippen molar-refractivity contribution >= 4 is 8.32 Å². The summed E-state index contributed by atoms with van der Waals surface area (Å²) in [6, 6.07) is 0. The lowest BCUT2D eigenvalue weighted by Gasteiger charge is -2.53. The van der Waals surface area contributed by atoms with E-state index in [4.69, 9.17) is 29.8 Å². The maximum atomic E-state index is 9.82. The van der Waals surface area contributed by atoms with E-state index in [1.54, 1.807) is 13.8 Å². The lowest BCUT2D eigenvalue weighted by molar-refractivity contribution is -0.453. The molecular formula is C18H34O6Si. The number of terminal acetylenes is 1. The van der Waals surface area contributed by atoms with Crippen LogP contribution >= 0.6 is 0 Å². The van der Waals surface area contributed by atoms with Gasteiger partial charge in [0.2, 0.25) is 11.6 Å². The van der Waals surface area contributed by atoms with Gasteiger partial charge < -0.3 is 28.5 Å². The zero-order valence-corrected chi connectivity index (χ0v) is 18.0. The molecule has 1 saturated heterocycles. The highest BCUT2D eigenvalue weighted by Crippen LogP contribution is 2.42. The van der Waals surface area contributed by atoms with Crippen molar-refractivity contribution in [3.05, 3.63) is 0 Å². The maximum Gasteiger partial charge on any atom is 0.220 e. The van der Waals surface area contributed by atoms with Crippen LogP contribution in [0.2, 0.25) is 18.1 Å². The third-order valence-electron chi connectivity index (χ3n) is 5.58. The molecule has 1 aliphatic rings. The lowest BCUT2D eigenvalue weighted by Crippen LogP contribution is -2.68. The van der Waals surface area contributed by atoms with Crippen LogP contribution in [0.4, 0.5) is 0 Å². The maximum absolute atomic E-state index is 9.82. The van der Waals surface area contributed by atoms with Crippen LogP contribution in [0.15, 0.2) is 0 Å². The number of aliphatic hydroxyl groups excluding tert-OH is 1. The van der Waals surface area contributed by atoms with E-state index in [1.807, 2.05) is 0 Å². The van der Waals surface area contributed by atoms with Gasteiger partial charge in [0.05, 0.1) is 6.61 Å². The summed E-state index contributed by atoms with van der Waals surface area (Å²) in [6.45, 7) is 13.8. The minimum absolute atomic E-state index is 0.0159. The molecule has 146 valence electrons. The summed E-state index contributed by atoms with van der Waals surface area (Å²) in [4.78, 5) is 0. The number of aliphatic hydroxyl groups is 1. The molecule has 1 aliphatic heterocycles. The molecule has 0 radical (unpaired) electrons. The molecule has 0 amide bonds. The standard InChI is InChI=1S/C18H34O6Si/c1-11-13(24-25(9,10)16(2,3)4)15-14(12-19)22-17(5,20-7)18(6,21-8)23-15/h1,13-15,19H,12H2,2-10H3/t13-,14+,15+,17-,18-/m1/s1. The summed E-state index contributed by atoms with van der Waals surface area (Å²) in [5.74, 6) is 0.274. The molecule has 5 atom stereocenters. The fourth-order valence-electron chi connectivity index (χ4n) is 2.46. The Morgan fingerprint density at radius 1 is 1.16 bits per heavy atom. The van der Waals surface area contributed by atoms with Crippen LogP contribution in [0.5, 0.6) is 0 Å². The Hall–Kier alpha value is -0.463. The summed E-state index contributed by atoms with van der Waals surface area (Å²) in [5.41, 5.74) is 0. The topological polar surface area (TPSA) is 66.4 Å². The Bertz CT molecular complexity index is 497. The van der Waals surface area contributed by atoms with Crippen molar-refractivity contribution in [1.29, 1.82) is 0 Å². The molecule has 0 aromatic heterocycles. The number of hydrogen-bond donors (Lipinski definition) is 1. The van der Waals surface area contributed by atoms with E-state index in [0.717, 1.165) is 0 Å². The minimum atomic E-state index is -2.15. The highest BCUT2D eigenvalue weighted by Gasteiger charge is 2.58. The van der Waals surface area contributed by atoms with Crippen LogP contribution in [0.1, 0.15) is 34.6 Å². The van der Waals surface area contributed by atoms with Crippen LogP contribution in [0.25, 0.3) is 0 Å². The lowest BCUT2D eigenvalue weighted by atomic mass is 10.0. The quantitative estimate of drug-likeness (QED) is 0.569. The van der Waals surface area contributed by atoms with Crippen molar-refractivity contribution in [3.8, 4) is 12.3 Å². The number of methoxy groups -OCH3 is 2. The molecule has 0 bridgehead atoms. The second-order valence-corrected chi connectivity index (χ2v) is 12.9. The van der Waals surface area contributed by atoms with Crippen LogP contribution in [-0.4, -0.2) is 64.1 Å². The van der Waals surface area contributed by atoms with E-state index in [0.29, 0.717) is 0 Å². The average molecular weight is 375 g/mol. The predicted molar refractivity (Wildman–Crippen MR) is 98.6 cm³/mol. The van der Waals surface area contributed by atoms with Crippen LogP contribution in [0.3, 0.4) is 0 Å². The molecule has 1 fully saturated rings. The Balaban J connectivity index is 3.18. The third kappa shape index (κ3) is 4.27. The zero-order valence-electron chi connectivity index (χ0n) is 17.0. The number of hydrogen-bond acceptors (Lipinski definition) is 6. The fourth-order valence-corrected chi connectivity index (χ4v) is 3.65. The summed E-state index contributed by atoms with van der Waals surface area (Å²) < 4.78 is 29.5. The average Bonchev–Trinajstić information content (AvgIpc) is 2.53. The van der Waals surface area contributed by atoms with Crippen molar-refractivity contribution in [2.45, 2.75) is 82.6 Å². The van der Waals surface area contributed by atoms with Gasteiger partial charge in [-0.3, -0.25) is 0 Å². The van der Waals surface area contributed by atoms with Gasteiger partial charge in [0.25, 0.3) is 0 Å². The SMILES string of the molecule is C#C[C@@H](O[Si](C)(C)C(C)(C)C)[C@@H]1O[C@@](C)(OC)[C@](C)(OC)O[C@H]1CO. The van der Waals surface area contributed by atoms with Gasteiger partial charge in [0.1, 0.15) is 18.3 Å². The van der Waals surface area contributed by atoms with Crippen LogP contribution in [-0.2, 0) is 23.4 Å². The van der Waals surface area contributed by atoms with Gasteiger partial charge in [-0.05, 0) is 32.0 Å². The highest BCUT2D eigenvalue weighted by atomic mass is 28.4. The molecule has 1 rings (SSSR count). The first kappa shape index (κ1) is 22.6. The first-order valence-electron chi connectivity index (χ1n) is 8.51. The molecule has 25 heavy (non-hydrogen) atoms. The Labute approximate surface area is 153 Å². The summed E-state index contributed by atoms with van der Waals surface area (Å²) >= 11 is 0. The molecule has 0 aromatic carbocycles. The molecule has 7 heteroatoms. The van der Waals surface area contributed by atoms with Crippen molar-refractivity contribution in [1.82, 2.24) is 0 Å². The van der Waals surface area contributed by atoms with Crippen molar-refractivity contribution in [2.24, 2.45) is 0 Å². The van der Waals surface area contributed by atoms with E-state index >= 15 is 0 Å². The second-order valence-electron chi connectivity index (χ2n) is 8.19. The highest BCUT2D eigenvalue weighted by molar-refractivity contribution is 6.74. The molecule has 1 heterocycles. The Morgan fingerprint density at radius 3 is 2.00 bits per heavy atom. The number of ether oxygens (including phenoxy) is 4. The monoisotopic (exact) mass is 374 g/mol. The van der Waals surface area contributed by atoms with Crippen LogP contribution in [0, 0.1) is 12.3 Å². The molecule has 1 N–H and O–H groups in total. The van der Waals surface area contributed by atoms with Crippen molar-refractivity contribution < 1.29 is 28.5 Å². The summed E-state index contributed by atoms with van der Waals surface area (Å²) in [5, 5.41) is 9.80. The zero-order chi connectivity index (χ0) is 19.7. The molecule has 0 aliphatic carbocycles. The summed E-state index contributed by atoms with van der Waals surface area (Å²) in [7, 11) is 0.863. The molecule has 0 saturated carbocycles. The molecule has 0 spiro atoms. The van der Waals surface area contributed by atoms with Gasteiger partial charge in [-0.15, -0.1) is 6.42 Å². The van der Waals surface area contributed by atoms with E-state index in [1.165, 1.54) is 14.2 Å². The third-order valence-corrected chi connectivity index (χ3v) is 10.0. The Morgan fingerprint density at radius 2 is 1.64 bits per heavy atom. The van der Waals surface area contributed by atoms with Crippen LogP contribution < -0.4 is 0 Å². The normalized spacial score (nSPS) is 35.2. The molecule has 0 unspecified atom stereocenters. The van der Waals surface area contributed by atoms with Gasteiger partial charge in [-0.25, -0.2) is 0 Å². The minimum Gasteiger partial charge on any atom is -0.401 e. The first-order valence-corrected chi connectivity index (χ1v) is 11.4. The van der Waals surface area contributed by atoms with E-state index < -0.39 is 38.2 Å². The van der Waals surface area contributed by atoms with E-state index in [-0.39, 0.29) is 11.6 Å². The van der Waals surface area contributed by atoms with Crippen molar-refractivity contribution in [3.63, 3.8) is 0 Å². The fraction of sp³-hybridized carbons (Fsp3) is 0.889. The predicted octanol–water partition coefficient (Wildman–Crippen LogP) is 2.51. The van der Waals surface area contributed by atoms with Gasteiger partial charge in [0.15, 0.2) is 8.32 Å². The molecule has 6 nitrogen and oxygen atoms in total. The molecular weight excluding hydrogens is 340 g/mol. The van der Waals surface area contributed by atoms with Crippen molar-refractivity contribution in [2.75, 3.05) is 20.8 Å². The number of rotatable bonds is 6.